The van der Waals surface area contributed by atoms with E-state index in [1.54, 1.807) is 6.20 Å². The van der Waals surface area contributed by atoms with Gasteiger partial charge in [0.1, 0.15) is 5.69 Å². The Morgan fingerprint density at radius 2 is 2.35 bits per heavy atom. The summed E-state index contributed by atoms with van der Waals surface area (Å²) in [6, 6.07) is 5.85. The lowest BCUT2D eigenvalue weighted by atomic mass is 10.1. The van der Waals surface area contributed by atoms with Crippen molar-refractivity contribution in [3.8, 4) is 11.5 Å². The van der Waals surface area contributed by atoms with Gasteiger partial charge < -0.3 is 4.90 Å². The average molecular weight is 289 g/mol. The van der Waals surface area contributed by atoms with Gasteiger partial charge in [-0.25, -0.2) is 0 Å². The minimum Gasteiger partial charge on any atom is -0.303 e. The molecule has 0 bridgehead atoms. The van der Waals surface area contributed by atoms with Gasteiger partial charge in [0.25, 0.3) is 0 Å². The molecule has 3 heterocycles. The molecule has 1 aliphatic rings. The van der Waals surface area contributed by atoms with Crippen LogP contribution in [0.3, 0.4) is 0 Å². The summed E-state index contributed by atoms with van der Waals surface area (Å²) >= 11 is 5.37. The maximum atomic E-state index is 5.37. The van der Waals surface area contributed by atoms with E-state index in [9.17, 15) is 0 Å². The standard InChI is InChI=1S/C14H19N5S/c1-2-18-8-6-11(9-18)10-19-13(16-17-14(19)20)12-5-3-4-7-15-12/h3-5,7,11H,2,6,8-10H2,1H3,(H,17,20). The third kappa shape index (κ3) is 2.66. The summed E-state index contributed by atoms with van der Waals surface area (Å²) in [6.45, 7) is 6.58. The van der Waals surface area contributed by atoms with E-state index in [1.807, 2.05) is 18.2 Å². The fraction of sp³-hybridized carbons (Fsp3) is 0.500. The second kappa shape index (κ2) is 5.85. The molecule has 0 spiro atoms. The largest absolute Gasteiger partial charge is 0.303 e. The second-order valence-corrected chi connectivity index (χ2v) is 5.61. The van der Waals surface area contributed by atoms with E-state index in [-0.39, 0.29) is 0 Å². The van der Waals surface area contributed by atoms with Crippen LogP contribution < -0.4 is 0 Å². The average Bonchev–Trinajstić information content (AvgIpc) is 3.08. The summed E-state index contributed by atoms with van der Waals surface area (Å²) in [7, 11) is 0. The molecule has 1 fully saturated rings. The van der Waals surface area contributed by atoms with Crippen molar-refractivity contribution >= 4 is 12.2 Å². The van der Waals surface area contributed by atoms with Crippen molar-refractivity contribution in [2.24, 2.45) is 5.92 Å². The quantitative estimate of drug-likeness (QED) is 0.878. The van der Waals surface area contributed by atoms with Gasteiger partial charge in [0, 0.05) is 19.3 Å². The van der Waals surface area contributed by atoms with Crippen molar-refractivity contribution in [1.82, 2.24) is 24.6 Å². The topological polar surface area (TPSA) is 49.7 Å². The molecule has 0 saturated carbocycles. The van der Waals surface area contributed by atoms with Crippen LogP contribution >= 0.6 is 12.2 Å². The number of H-pyrrole nitrogens is 1. The summed E-state index contributed by atoms with van der Waals surface area (Å²) in [4.78, 5) is 6.85. The first-order valence-corrected chi connectivity index (χ1v) is 7.47. The second-order valence-electron chi connectivity index (χ2n) is 5.23. The van der Waals surface area contributed by atoms with Crippen molar-refractivity contribution in [3.05, 3.63) is 29.2 Å². The molecule has 0 radical (unpaired) electrons. The lowest BCUT2D eigenvalue weighted by molar-refractivity contribution is 0.332. The number of likely N-dealkylation sites (tertiary alicyclic amines) is 1. The highest BCUT2D eigenvalue weighted by atomic mass is 32.1. The van der Waals surface area contributed by atoms with Crippen molar-refractivity contribution < 1.29 is 0 Å². The van der Waals surface area contributed by atoms with Gasteiger partial charge >= 0.3 is 0 Å². The molecule has 1 atom stereocenters. The van der Waals surface area contributed by atoms with Crippen LogP contribution in [-0.4, -0.2) is 44.3 Å². The van der Waals surface area contributed by atoms with Crippen molar-refractivity contribution in [3.63, 3.8) is 0 Å². The Bertz CT molecular complexity index is 618. The molecule has 1 aliphatic heterocycles. The summed E-state index contributed by atoms with van der Waals surface area (Å²) in [5, 5.41) is 7.23. The number of aromatic amines is 1. The van der Waals surface area contributed by atoms with Crippen LogP contribution in [0.25, 0.3) is 11.5 Å². The molecule has 20 heavy (non-hydrogen) atoms. The molecule has 1 saturated heterocycles. The molecule has 5 nitrogen and oxygen atoms in total. The van der Waals surface area contributed by atoms with E-state index >= 15 is 0 Å². The highest BCUT2D eigenvalue weighted by molar-refractivity contribution is 7.71. The van der Waals surface area contributed by atoms with Crippen molar-refractivity contribution in [2.75, 3.05) is 19.6 Å². The van der Waals surface area contributed by atoms with Crippen LogP contribution in [0.15, 0.2) is 24.4 Å². The number of hydrogen-bond acceptors (Lipinski definition) is 4. The van der Waals surface area contributed by atoms with Gasteiger partial charge in [-0.15, -0.1) is 0 Å². The highest BCUT2D eigenvalue weighted by Crippen LogP contribution is 2.21. The van der Waals surface area contributed by atoms with Crippen LogP contribution in [0, 0.1) is 10.7 Å². The first-order valence-electron chi connectivity index (χ1n) is 7.07. The van der Waals surface area contributed by atoms with Gasteiger partial charge in [-0.05, 0) is 49.8 Å². The van der Waals surface area contributed by atoms with Gasteiger partial charge in [0.15, 0.2) is 10.6 Å². The zero-order chi connectivity index (χ0) is 13.9. The summed E-state index contributed by atoms with van der Waals surface area (Å²) in [5.74, 6) is 1.48. The van der Waals surface area contributed by atoms with Crippen LogP contribution in [0.2, 0.25) is 0 Å². The SMILES string of the molecule is CCN1CCC(Cn2c(-c3ccccn3)n[nH]c2=S)C1. The van der Waals surface area contributed by atoms with E-state index in [2.05, 4.69) is 31.6 Å². The maximum absolute atomic E-state index is 5.37. The third-order valence-corrected chi connectivity index (χ3v) is 4.22. The lowest BCUT2D eigenvalue weighted by Gasteiger charge is -2.14. The molecule has 3 rings (SSSR count). The molecule has 2 aromatic heterocycles. The van der Waals surface area contributed by atoms with E-state index in [0.29, 0.717) is 10.7 Å². The Kier molecular flexibility index (Phi) is 3.93. The number of nitrogens with zero attached hydrogens (tertiary/aromatic N) is 4. The number of rotatable bonds is 4. The van der Waals surface area contributed by atoms with Gasteiger partial charge in [0.05, 0.1) is 0 Å². The van der Waals surface area contributed by atoms with E-state index < -0.39 is 0 Å². The van der Waals surface area contributed by atoms with Gasteiger partial charge in [-0.1, -0.05) is 13.0 Å². The van der Waals surface area contributed by atoms with E-state index in [1.165, 1.54) is 13.0 Å². The van der Waals surface area contributed by atoms with Gasteiger partial charge in [0.2, 0.25) is 0 Å². The van der Waals surface area contributed by atoms with Gasteiger partial charge in [-0.3, -0.25) is 14.6 Å². The molecule has 6 heteroatoms. The normalized spacial score (nSPS) is 19.6. The zero-order valence-corrected chi connectivity index (χ0v) is 12.4. The number of pyridine rings is 1. The predicted molar refractivity (Wildman–Crippen MR) is 80.9 cm³/mol. The molecule has 1 N–H and O–H groups in total. The van der Waals surface area contributed by atoms with Gasteiger partial charge in [-0.2, -0.15) is 5.10 Å². The molecule has 0 aromatic carbocycles. The molecular formula is C14H19N5S. The fourth-order valence-electron chi connectivity index (χ4n) is 2.78. The molecular weight excluding hydrogens is 270 g/mol. The van der Waals surface area contributed by atoms with Crippen molar-refractivity contribution in [1.29, 1.82) is 0 Å². The first-order chi connectivity index (χ1) is 9.78. The number of nitrogens with one attached hydrogen (secondary N) is 1. The minimum atomic E-state index is 0.640. The Hall–Kier alpha value is -1.53. The molecule has 1 unspecified atom stereocenters. The Labute approximate surface area is 123 Å². The maximum Gasteiger partial charge on any atom is 0.195 e. The molecule has 2 aromatic rings. The van der Waals surface area contributed by atoms with E-state index in [4.69, 9.17) is 12.2 Å². The Morgan fingerprint density at radius 3 is 3.05 bits per heavy atom. The highest BCUT2D eigenvalue weighted by Gasteiger charge is 2.23. The smallest absolute Gasteiger partial charge is 0.195 e. The molecule has 0 aliphatic carbocycles. The van der Waals surface area contributed by atoms with E-state index in [0.717, 1.165) is 31.2 Å². The molecule has 0 amide bonds. The van der Waals surface area contributed by atoms with Crippen molar-refractivity contribution in [2.45, 2.75) is 19.9 Å². The lowest BCUT2D eigenvalue weighted by Crippen LogP contribution is -2.21. The first kappa shape index (κ1) is 13.5. The number of aromatic nitrogens is 4. The zero-order valence-electron chi connectivity index (χ0n) is 11.6. The fourth-order valence-corrected chi connectivity index (χ4v) is 2.99. The minimum absolute atomic E-state index is 0.640. The van der Waals surface area contributed by atoms with Crippen LogP contribution in [0.5, 0.6) is 0 Å². The predicted octanol–water partition coefficient (Wildman–Crippen LogP) is 2.34. The Balaban J connectivity index is 1.84. The summed E-state index contributed by atoms with van der Waals surface area (Å²) in [5.41, 5.74) is 0.866. The van der Waals surface area contributed by atoms with Crippen LogP contribution in [-0.2, 0) is 6.54 Å². The Morgan fingerprint density at radius 1 is 1.45 bits per heavy atom. The summed E-state index contributed by atoms with van der Waals surface area (Å²) in [6.07, 6.45) is 3.01. The van der Waals surface area contributed by atoms with Crippen LogP contribution in [0.1, 0.15) is 13.3 Å². The third-order valence-electron chi connectivity index (χ3n) is 3.91. The summed E-state index contributed by atoms with van der Waals surface area (Å²) < 4.78 is 2.77. The monoisotopic (exact) mass is 289 g/mol. The van der Waals surface area contributed by atoms with Crippen LogP contribution in [0.4, 0.5) is 0 Å². The number of hydrogen-bond donors (Lipinski definition) is 1. The molecule has 106 valence electrons.